The largest absolute Gasteiger partial charge is 0.340 e. The number of amides is 1. The van der Waals surface area contributed by atoms with Crippen molar-refractivity contribution in [2.45, 2.75) is 19.4 Å². The van der Waals surface area contributed by atoms with Gasteiger partial charge in [-0.15, -0.1) is 11.3 Å². The second-order valence-corrected chi connectivity index (χ2v) is 7.82. The third-order valence-electron chi connectivity index (χ3n) is 4.04. The van der Waals surface area contributed by atoms with Crippen molar-refractivity contribution >= 4 is 34.5 Å². The molecule has 0 saturated carbocycles. The molecule has 0 saturated heterocycles. The van der Waals surface area contributed by atoms with Gasteiger partial charge in [0, 0.05) is 31.0 Å². The third-order valence-corrected chi connectivity index (χ3v) is 5.48. The van der Waals surface area contributed by atoms with Crippen LogP contribution in [0.5, 0.6) is 0 Å². The minimum atomic E-state index is -0.530. The van der Waals surface area contributed by atoms with Crippen LogP contribution in [0.1, 0.15) is 24.4 Å². The number of hydrogen-bond acceptors (Lipinski definition) is 5. The number of benzene rings is 1. The van der Waals surface area contributed by atoms with Crippen LogP contribution in [-0.2, 0) is 11.8 Å². The minimum Gasteiger partial charge on any atom is -0.340 e. The molecule has 1 amide bonds. The minimum absolute atomic E-state index is 0.0398. The van der Waals surface area contributed by atoms with Gasteiger partial charge < -0.3 is 15.6 Å². The molecule has 27 heavy (non-hydrogen) atoms. The zero-order valence-electron chi connectivity index (χ0n) is 14.8. The van der Waals surface area contributed by atoms with Gasteiger partial charge in [-0.05, 0) is 24.6 Å². The summed E-state index contributed by atoms with van der Waals surface area (Å²) < 4.78 is 15.1. The number of rotatable bonds is 6. The molecule has 6 nitrogen and oxygen atoms in total. The fourth-order valence-electron chi connectivity index (χ4n) is 2.55. The first-order valence-electron chi connectivity index (χ1n) is 8.29. The van der Waals surface area contributed by atoms with Crippen molar-refractivity contribution in [3.05, 3.63) is 52.8 Å². The maximum atomic E-state index is 13.2. The predicted molar refractivity (Wildman–Crippen MR) is 105 cm³/mol. The normalized spacial score (nSPS) is 13.4. The van der Waals surface area contributed by atoms with E-state index in [1.54, 1.807) is 19.4 Å². The average molecular weight is 408 g/mol. The molecule has 0 bridgehead atoms. The van der Waals surface area contributed by atoms with Gasteiger partial charge in [-0.2, -0.15) is 0 Å². The molecule has 0 radical (unpaired) electrons. The molecule has 2 heterocycles. The molecule has 0 aliphatic carbocycles. The van der Waals surface area contributed by atoms with Crippen molar-refractivity contribution in [1.82, 2.24) is 14.5 Å². The van der Waals surface area contributed by atoms with Crippen LogP contribution in [0.25, 0.3) is 10.6 Å². The summed E-state index contributed by atoms with van der Waals surface area (Å²) in [7, 11) is 1.90. The van der Waals surface area contributed by atoms with Crippen LogP contribution in [-0.4, -0.2) is 20.4 Å². The van der Waals surface area contributed by atoms with Gasteiger partial charge in [0.1, 0.15) is 10.8 Å². The summed E-state index contributed by atoms with van der Waals surface area (Å²) in [5.74, 6) is -1.10. The van der Waals surface area contributed by atoms with Crippen LogP contribution in [0.4, 0.5) is 10.1 Å². The number of imidazole rings is 1. The van der Waals surface area contributed by atoms with E-state index < -0.39 is 5.82 Å². The van der Waals surface area contributed by atoms with Crippen molar-refractivity contribution in [2.24, 2.45) is 18.7 Å². The Hall–Kier alpha value is -2.29. The summed E-state index contributed by atoms with van der Waals surface area (Å²) in [5, 5.41) is 3.44. The summed E-state index contributed by atoms with van der Waals surface area (Å²) in [4.78, 5) is 22.0. The first-order valence-corrected chi connectivity index (χ1v) is 9.48. The number of aromatic nitrogens is 3. The van der Waals surface area contributed by atoms with E-state index in [0.29, 0.717) is 12.1 Å². The van der Waals surface area contributed by atoms with E-state index in [4.69, 9.17) is 17.3 Å². The lowest BCUT2D eigenvalue weighted by molar-refractivity contribution is -0.119. The lowest BCUT2D eigenvalue weighted by Crippen LogP contribution is -2.24. The second kappa shape index (κ2) is 8.16. The summed E-state index contributed by atoms with van der Waals surface area (Å²) in [6.07, 6.45) is 5.80. The molecule has 3 aromatic rings. The highest BCUT2D eigenvalue weighted by atomic mass is 35.5. The Morgan fingerprint density at radius 2 is 2.22 bits per heavy atom. The Labute approximate surface area is 165 Å². The zero-order chi connectivity index (χ0) is 19.6. The van der Waals surface area contributed by atoms with E-state index in [0.717, 1.165) is 15.6 Å². The molecule has 0 unspecified atom stereocenters. The molecule has 2 atom stereocenters. The van der Waals surface area contributed by atoms with Gasteiger partial charge in [0.15, 0.2) is 0 Å². The maximum Gasteiger partial charge on any atom is 0.227 e. The van der Waals surface area contributed by atoms with Gasteiger partial charge in [-0.1, -0.05) is 18.5 Å². The van der Waals surface area contributed by atoms with Crippen LogP contribution in [0.15, 0.2) is 36.9 Å². The lowest BCUT2D eigenvalue weighted by Gasteiger charge is -2.15. The molecular formula is C18H19ClFN5OS. The van der Waals surface area contributed by atoms with Crippen molar-refractivity contribution < 1.29 is 9.18 Å². The van der Waals surface area contributed by atoms with Crippen LogP contribution >= 0.6 is 22.9 Å². The highest BCUT2D eigenvalue weighted by Crippen LogP contribution is 2.30. The number of thiazole rings is 1. The lowest BCUT2D eigenvalue weighted by atomic mass is 10.0. The number of nitrogens with one attached hydrogen (secondary N) is 1. The molecule has 0 spiro atoms. The topological polar surface area (TPSA) is 85.8 Å². The zero-order valence-corrected chi connectivity index (χ0v) is 16.4. The predicted octanol–water partition coefficient (Wildman–Crippen LogP) is 4.00. The summed E-state index contributed by atoms with van der Waals surface area (Å²) in [6.45, 7) is 1.79. The van der Waals surface area contributed by atoms with Gasteiger partial charge in [0.25, 0.3) is 0 Å². The monoisotopic (exact) mass is 407 g/mol. The van der Waals surface area contributed by atoms with Crippen molar-refractivity contribution in [2.75, 3.05) is 5.32 Å². The molecular weight excluding hydrogens is 389 g/mol. The van der Waals surface area contributed by atoms with Crippen LogP contribution in [0, 0.1) is 11.7 Å². The van der Waals surface area contributed by atoms with E-state index in [1.807, 2.05) is 17.8 Å². The van der Waals surface area contributed by atoms with E-state index in [1.165, 1.54) is 29.5 Å². The summed E-state index contributed by atoms with van der Waals surface area (Å²) in [5.41, 5.74) is 7.52. The maximum absolute atomic E-state index is 13.2. The molecule has 3 rings (SSSR count). The van der Waals surface area contributed by atoms with Gasteiger partial charge in [-0.25, -0.2) is 14.4 Å². The number of nitrogens with zero attached hydrogens (tertiary/aromatic N) is 3. The van der Waals surface area contributed by atoms with Gasteiger partial charge in [0.2, 0.25) is 5.91 Å². The Morgan fingerprint density at radius 3 is 2.89 bits per heavy atom. The van der Waals surface area contributed by atoms with E-state index in [9.17, 15) is 9.18 Å². The second-order valence-electron chi connectivity index (χ2n) is 6.35. The van der Waals surface area contributed by atoms with Gasteiger partial charge >= 0.3 is 0 Å². The molecule has 9 heteroatoms. The smallest absolute Gasteiger partial charge is 0.227 e. The third kappa shape index (κ3) is 4.71. The first kappa shape index (κ1) is 19.5. The molecule has 0 aliphatic heterocycles. The standard InChI is InChI=1S/C18H19ClFN5OS/c1-10(17(26)24-11-3-4-13(20)12(19)6-11)5-14(21)18-22-7-16(27-18)15-8-25(2)9-23-15/h3-4,6-10,14H,5,21H2,1-2H3,(H,24,26)/t10-,14+/m1/s1. The number of nitrogens with two attached hydrogens (primary N) is 1. The first-order chi connectivity index (χ1) is 12.8. The Morgan fingerprint density at radius 1 is 1.44 bits per heavy atom. The Kier molecular flexibility index (Phi) is 5.88. The number of hydrogen-bond donors (Lipinski definition) is 2. The van der Waals surface area contributed by atoms with Crippen molar-refractivity contribution in [3.8, 4) is 10.6 Å². The number of halogens is 2. The number of anilines is 1. The fourth-order valence-corrected chi connectivity index (χ4v) is 3.62. The van der Waals surface area contributed by atoms with E-state index in [-0.39, 0.29) is 22.9 Å². The number of aryl methyl sites for hydroxylation is 1. The molecule has 0 fully saturated rings. The van der Waals surface area contributed by atoms with Crippen molar-refractivity contribution in [1.29, 1.82) is 0 Å². The summed E-state index contributed by atoms with van der Waals surface area (Å²) >= 11 is 7.20. The van der Waals surface area contributed by atoms with Crippen LogP contribution < -0.4 is 11.1 Å². The van der Waals surface area contributed by atoms with E-state index in [2.05, 4.69) is 15.3 Å². The number of carbonyl (C=O) groups is 1. The molecule has 2 aromatic heterocycles. The highest BCUT2D eigenvalue weighted by molar-refractivity contribution is 7.15. The Bertz CT molecular complexity index is 957. The Balaban J connectivity index is 1.61. The SMILES string of the molecule is C[C@H](C[C@H](N)c1ncc(-c2cn(C)cn2)s1)C(=O)Nc1ccc(F)c(Cl)c1. The van der Waals surface area contributed by atoms with Gasteiger partial charge in [-0.3, -0.25) is 4.79 Å². The fraction of sp³-hybridized carbons (Fsp3) is 0.278. The quantitative estimate of drug-likeness (QED) is 0.646. The van der Waals surface area contributed by atoms with E-state index >= 15 is 0 Å². The molecule has 0 aliphatic rings. The molecule has 142 valence electrons. The van der Waals surface area contributed by atoms with Crippen LogP contribution in [0.3, 0.4) is 0 Å². The van der Waals surface area contributed by atoms with Crippen LogP contribution in [0.2, 0.25) is 5.02 Å². The highest BCUT2D eigenvalue weighted by Gasteiger charge is 2.21. The average Bonchev–Trinajstić information content (AvgIpc) is 3.27. The van der Waals surface area contributed by atoms with Crippen molar-refractivity contribution in [3.63, 3.8) is 0 Å². The summed E-state index contributed by atoms with van der Waals surface area (Å²) in [6, 6.07) is 3.68. The number of carbonyl (C=O) groups excluding carboxylic acids is 1. The van der Waals surface area contributed by atoms with Gasteiger partial charge in [0.05, 0.1) is 28.0 Å². The molecule has 1 aromatic carbocycles. The molecule has 3 N–H and O–H groups in total.